The summed E-state index contributed by atoms with van der Waals surface area (Å²) < 4.78 is 0. The number of benzene rings is 4. The molecule has 4 aromatic rings. The minimum Gasteiger partial charge on any atom is -0.0622 e. The smallest absolute Gasteiger partial charge is 0.0174 e. The summed E-state index contributed by atoms with van der Waals surface area (Å²) >= 11 is 0. The zero-order valence-corrected chi connectivity index (χ0v) is 21.9. The summed E-state index contributed by atoms with van der Waals surface area (Å²) in [5.41, 5.74) is 5.85. The van der Waals surface area contributed by atoms with Crippen LogP contribution in [0.5, 0.6) is 0 Å². The lowest BCUT2D eigenvalue weighted by Gasteiger charge is -2.38. The SMILES string of the molecule is CC(C)(CCC(C)(c1ccccc1)c1ccccc1)CCC(C)(c1ccccc1)c1ccccc1. The van der Waals surface area contributed by atoms with Crippen molar-refractivity contribution in [1.29, 1.82) is 0 Å². The quantitative estimate of drug-likeness (QED) is 0.221. The Bertz CT molecular complexity index is 984. The van der Waals surface area contributed by atoms with Gasteiger partial charge in [-0.05, 0) is 53.4 Å². The summed E-state index contributed by atoms with van der Waals surface area (Å²) in [7, 11) is 0. The number of hydrogen-bond acceptors (Lipinski definition) is 0. The average Bonchev–Trinajstić information content (AvgIpc) is 2.92. The summed E-state index contributed by atoms with van der Waals surface area (Å²) in [4.78, 5) is 0. The van der Waals surface area contributed by atoms with Gasteiger partial charge in [-0.2, -0.15) is 0 Å². The molecule has 0 nitrogen and oxygen atoms in total. The molecule has 0 heterocycles. The van der Waals surface area contributed by atoms with E-state index in [9.17, 15) is 0 Å². The van der Waals surface area contributed by atoms with E-state index in [-0.39, 0.29) is 16.2 Å². The molecule has 0 radical (unpaired) electrons. The molecule has 0 amide bonds. The highest BCUT2D eigenvalue weighted by Gasteiger charge is 2.34. The van der Waals surface area contributed by atoms with Gasteiger partial charge in [0.25, 0.3) is 0 Å². The zero-order chi connectivity index (χ0) is 24.8. The molecule has 0 unspecified atom stereocenters. The Morgan fingerprint density at radius 1 is 0.343 bits per heavy atom. The van der Waals surface area contributed by atoms with Crippen LogP contribution in [0.3, 0.4) is 0 Å². The molecule has 0 atom stereocenters. The van der Waals surface area contributed by atoms with Gasteiger partial charge in [0.2, 0.25) is 0 Å². The Kier molecular flexibility index (Phi) is 7.60. The maximum absolute atomic E-state index is 2.46. The van der Waals surface area contributed by atoms with Gasteiger partial charge in [0, 0.05) is 10.8 Å². The summed E-state index contributed by atoms with van der Waals surface area (Å²) in [6, 6.07) is 44.2. The highest BCUT2D eigenvalue weighted by Crippen LogP contribution is 2.44. The van der Waals surface area contributed by atoms with E-state index >= 15 is 0 Å². The third-order valence-corrected chi connectivity index (χ3v) is 8.25. The first-order valence-corrected chi connectivity index (χ1v) is 13.1. The van der Waals surface area contributed by atoms with Gasteiger partial charge in [-0.15, -0.1) is 0 Å². The Morgan fingerprint density at radius 3 is 0.800 bits per heavy atom. The van der Waals surface area contributed by atoms with Crippen LogP contribution in [-0.2, 0) is 10.8 Å². The van der Waals surface area contributed by atoms with Crippen molar-refractivity contribution in [2.24, 2.45) is 5.41 Å². The Morgan fingerprint density at radius 2 is 0.571 bits per heavy atom. The third kappa shape index (κ3) is 5.76. The van der Waals surface area contributed by atoms with Gasteiger partial charge in [-0.3, -0.25) is 0 Å². The molecule has 0 N–H and O–H groups in total. The zero-order valence-electron chi connectivity index (χ0n) is 21.9. The van der Waals surface area contributed by atoms with E-state index < -0.39 is 0 Å². The maximum atomic E-state index is 2.46. The van der Waals surface area contributed by atoms with E-state index in [1.54, 1.807) is 0 Å². The van der Waals surface area contributed by atoms with E-state index in [0.29, 0.717) is 0 Å². The van der Waals surface area contributed by atoms with E-state index in [1.165, 1.54) is 35.1 Å². The first kappa shape index (κ1) is 25.0. The standard InChI is InChI=1S/C35H40/c1-33(2,25-27-34(3,29-17-9-5-10-18-29)30-19-11-6-12-20-30)26-28-35(4,31-21-13-7-14-22-31)32-23-15-8-16-24-32/h5-24H,25-28H2,1-4H3. The molecule has 0 saturated carbocycles. The molecule has 0 heteroatoms. The van der Waals surface area contributed by atoms with Gasteiger partial charge >= 0.3 is 0 Å². The molecule has 0 aliphatic carbocycles. The summed E-state index contributed by atoms with van der Waals surface area (Å²) in [6.45, 7) is 9.76. The van der Waals surface area contributed by atoms with E-state index in [0.717, 1.165) is 12.8 Å². The van der Waals surface area contributed by atoms with E-state index in [2.05, 4.69) is 149 Å². The molecule has 4 aromatic carbocycles. The van der Waals surface area contributed by atoms with Crippen LogP contribution in [0.2, 0.25) is 0 Å². The van der Waals surface area contributed by atoms with Gasteiger partial charge in [-0.1, -0.05) is 149 Å². The fourth-order valence-corrected chi connectivity index (χ4v) is 5.44. The van der Waals surface area contributed by atoms with Gasteiger partial charge in [0.1, 0.15) is 0 Å². The third-order valence-electron chi connectivity index (χ3n) is 8.25. The van der Waals surface area contributed by atoms with Gasteiger partial charge < -0.3 is 0 Å². The normalized spacial score (nSPS) is 12.5. The van der Waals surface area contributed by atoms with Crippen LogP contribution in [-0.4, -0.2) is 0 Å². The highest BCUT2D eigenvalue weighted by atomic mass is 14.4. The maximum Gasteiger partial charge on any atom is 0.0174 e. The van der Waals surface area contributed by atoms with Crippen LogP contribution < -0.4 is 0 Å². The van der Waals surface area contributed by atoms with Crippen molar-refractivity contribution < 1.29 is 0 Å². The van der Waals surface area contributed by atoms with Crippen LogP contribution in [0.15, 0.2) is 121 Å². The Balaban J connectivity index is 1.55. The lowest BCUT2D eigenvalue weighted by Crippen LogP contribution is -2.29. The number of rotatable bonds is 10. The van der Waals surface area contributed by atoms with Crippen LogP contribution in [0.4, 0.5) is 0 Å². The fraction of sp³-hybridized carbons (Fsp3) is 0.314. The van der Waals surface area contributed by atoms with Gasteiger partial charge in [0.15, 0.2) is 0 Å². The van der Waals surface area contributed by atoms with Crippen molar-refractivity contribution in [1.82, 2.24) is 0 Å². The highest BCUT2D eigenvalue weighted by molar-refractivity contribution is 5.39. The molecule has 35 heavy (non-hydrogen) atoms. The second kappa shape index (κ2) is 10.6. The van der Waals surface area contributed by atoms with Crippen molar-refractivity contribution in [3.8, 4) is 0 Å². The van der Waals surface area contributed by atoms with E-state index in [4.69, 9.17) is 0 Å². The molecule has 0 aliphatic heterocycles. The molecule has 0 aromatic heterocycles. The molecule has 0 aliphatic rings. The molecular formula is C35H40. The topological polar surface area (TPSA) is 0 Å². The molecule has 0 bridgehead atoms. The fourth-order valence-electron chi connectivity index (χ4n) is 5.44. The second-order valence-corrected chi connectivity index (χ2v) is 11.3. The van der Waals surface area contributed by atoms with Crippen molar-refractivity contribution in [3.05, 3.63) is 144 Å². The van der Waals surface area contributed by atoms with Gasteiger partial charge in [-0.25, -0.2) is 0 Å². The minimum atomic E-state index is 0.00194. The summed E-state index contributed by atoms with van der Waals surface area (Å²) in [5, 5.41) is 0. The van der Waals surface area contributed by atoms with Crippen molar-refractivity contribution in [2.75, 3.05) is 0 Å². The second-order valence-electron chi connectivity index (χ2n) is 11.3. The minimum absolute atomic E-state index is 0.00194. The Hall–Kier alpha value is -3.12. The molecule has 0 spiro atoms. The Labute approximate surface area is 213 Å². The molecule has 0 saturated heterocycles. The summed E-state index contributed by atoms with van der Waals surface area (Å²) in [5.74, 6) is 0. The largest absolute Gasteiger partial charge is 0.0622 e. The van der Waals surface area contributed by atoms with Crippen LogP contribution in [0.1, 0.15) is 75.6 Å². The molecule has 180 valence electrons. The van der Waals surface area contributed by atoms with Gasteiger partial charge in [0.05, 0.1) is 0 Å². The van der Waals surface area contributed by atoms with Crippen LogP contribution >= 0.6 is 0 Å². The van der Waals surface area contributed by atoms with Crippen LogP contribution in [0.25, 0.3) is 0 Å². The first-order chi connectivity index (χ1) is 16.8. The van der Waals surface area contributed by atoms with Crippen LogP contribution in [0, 0.1) is 5.41 Å². The first-order valence-electron chi connectivity index (χ1n) is 13.1. The lowest BCUT2D eigenvalue weighted by atomic mass is 9.66. The summed E-state index contributed by atoms with van der Waals surface area (Å²) in [6.07, 6.45) is 4.60. The predicted octanol–water partition coefficient (Wildman–Crippen LogP) is 9.59. The number of hydrogen-bond donors (Lipinski definition) is 0. The van der Waals surface area contributed by atoms with Crippen molar-refractivity contribution in [2.45, 2.75) is 64.2 Å². The molecule has 0 fully saturated rings. The molecular weight excluding hydrogens is 420 g/mol. The monoisotopic (exact) mass is 460 g/mol. The lowest BCUT2D eigenvalue weighted by molar-refractivity contribution is 0.249. The van der Waals surface area contributed by atoms with E-state index in [1.807, 2.05) is 0 Å². The van der Waals surface area contributed by atoms with Crippen molar-refractivity contribution >= 4 is 0 Å². The van der Waals surface area contributed by atoms with Crippen molar-refractivity contribution in [3.63, 3.8) is 0 Å². The predicted molar refractivity (Wildman–Crippen MR) is 151 cm³/mol. The average molecular weight is 461 g/mol. The molecule has 4 rings (SSSR count).